The number of nitrogens with two attached hydrogens (primary N) is 1. The van der Waals surface area contributed by atoms with Crippen LogP contribution in [0.25, 0.3) is 22.6 Å². The summed E-state index contributed by atoms with van der Waals surface area (Å²) in [4.78, 5) is 4.42. The van der Waals surface area contributed by atoms with E-state index in [1.165, 1.54) is 0 Å². The Hall–Kier alpha value is -3.59. The van der Waals surface area contributed by atoms with E-state index < -0.39 is 0 Å². The molecule has 0 spiro atoms. The molecule has 0 radical (unpaired) electrons. The number of ether oxygens (including phenoxy) is 1. The number of benzene rings is 1. The highest BCUT2D eigenvalue weighted by atomic mass is 16.6. The van der Waals surface area contributed by atoms with Gasteiger partial charge in [-0.3, -0.25) is 0 Å². The molecule has 9 heteroatoms. The Morgan fingerprint density at radius 3 is 2.82 bits per heavy atom. The standard InChI is InChI=1S/C13H9N7O2/c14-4-6-20-8-2-1-3-9(21-7-5-15)10(8)17-13(20)11-12(16)19-22-18-11/h1-3H,6-7H2,(H2,16,19). The minimum Gasteiger partial charge on any atom is -0.476 e. The van der Waals surface area contributed by atoms with Crippen molar-refractivity contribution < 1.29 is 9.37 Å². The number of nitrogen functional groups attached to an aromatic ring is 1. The van der Waals surface area contributed by atoms with Gasteiger partial charge >= 0.3 is 0 Å². The smallest absolute Gasteiger partial charge is 0.199 e. The Balaban J connectivity index is 2.25. The van der Waals surface area contributed by atoms with Gasteiger partial charge in [0.25, 0.3) is 0 Å². The molecule has 1 aromatic carbocycles. The third-order valence-corrected chi connectivity index (χ3v) is 2.99. The summed E-state index contributed by atoms with van der Waals surface area (Å²) in [7, 11) is 0. The summed E-state index contributed by atoms with van der Waals surface area (Å²) in [5.74, 6) is 0.865. The molecule has 9 nitrogen and oxygen atoms in total. The van der Waals surface area contributed by atoms with Crippen LogP contribution in [0.4, 0.5) is 5.82 Å². The van der Waals surface area contributed by atoms with Gasteiger partial charge in [0.1, 0.15) is 23.9 Å². The van der Waals surface area contributed by atoms with E-state index in [9.17, 15) is 0 Å². The first kappa shape index (κ1) is 13.4. The van der Waals surface area contributed by atoms with Gasteiger partial charge < -0.3 is 15.0 Å². The maximum Gasteiger partial charge on any atom is 0.199 e. The second kappa shape index (κ2) is 5.42. The van der Waals surface area contributed by atoms with Crippen LogP contribution in [-0.4, -0.2) is 26.5 Å². The number of hydrogen-bond acceptors (Lipinski definition) is 8. The molecule has 0 amide bonds. The third kappa shape index (κ3) is 2.07. The molecular weight excluding hydrogens is 286 g/mol. The number of para-hydroxylation sites is 1. The second-order valence-corrected chi connectivity index (χ2v) is 4.25. The molecule has 22 heavy (non-hydrogen) atoms. The van der Waals surface area contributed by atoms with E-state index in [2.05, 4.69) is 26.0 Å². The maximum atomic E-state index is 9.04. The highest BCUT2D eigenvalue weighted by Crippen LogP contribution is 2.31. The first-order valence-electron chi connectivity index (χ1n) is 6.20. The minimum atomic E-state index is -0.104. The van der Waals surface area contributed by atoms with Crippen molar-refractivity contribution in [2.45, 2.75) is 6.54 Å². The Morgan fingerprint density at radius 1 is 1.27 bits per heavy atom. The molecule has 0 saturated heterocycles. The molecule has 2 N–H and O–H groups in total. The van der Waals surface area contributed by atoms with E-state index in [1.807, 2.05) is 6.07 Å². The summed E-state index contributed by atoms with van der Waals surface area (Å²) in [6.45, 7) is -0.0625. The third-order valence-electron chi connectivity index (χ3n) is 2.99. The maximum absolute atomic E-state index is 9.04. The fourth-order valence-electron chi connectivity index (χ4n) is 2.11. The van der Waals surface area contributed by atoms with Crippen LogP contribution in [0.3, 0.4) is 0 Å². The number of nitrogens with zero attached hydrogens (tertiary/aromatic N) is 6. The molecule has 0 bridgehead atoms. The van der Waals surface area contributed by atoms with E-state index in [0.717, 1.165) is 0 Å². The van der Waals surface area contributed by atoms with Gasteiger partial charge in [-0.05, 0) is 22.4 Å². The Labute approximate surface area is 124 Å². The van der Waals surface area contributed by atoms with Gasteiger partial charge in [0.15, 0.2) is 23.9 Å². The van der Waals surface area contributed by atoms with Crippen molar-refractivity contribution in [1.82, 2.24) is 19.9 Å². The van der Waals surface area contributed by atoms with Gasteiger partial charge in [0.05, 0.1) is 11.6 Å². The van der Waals surface area contributed by atoms with Crippen molar-refractivity contribution in [3.05, 3.63) is 18.2 Å². The van der Waals surface area contributed by atoms with Crippen LogP contribution in [0.1, 0.15) is 0 Å². The van der Waals surface area contributed by atoms with Crippen molar-refractivity contribution in [2.24, 2.45) is 0 Å². The van der Waals surface area contributed by atoms with Crippen LogP contribution in [0, 0.1) is 22.7 Å². The zero-order valence-corrected chi connectivity index (χ0v) is 11.2. The Kier molecular flexibility index (Phi) is 3.30. The summed E-state index contributed by atoms with van der Waals surface area (Å²) in [5.41, 5.74) is 7.11. The molecule has 0 aliphatic rings. The Morgan fingerprint density at radius 2 is 2.14 bits per heavy atom. The SMILES string of the molecule is N#CCOc1cccc2c1nc(-c1nonc1N)n2CC#N. The molecule has 0 atom stereocenters. The molecule has 0 fully saturated rings. The average molecular weight is 295 g/mol. The summed E-state index contributed by atoms with van der Waals surface area (Å²) in [6.07, 6.45) is 0. The monoisotopic (exact) mass is 295 g/mol. The lowest BCUT2D eigenvalue weighted by atomic mass is 10.3. The summed E-state index contributed by atoms with van der Waals surface area (Å²) in [6, 6.07) is 9.18. The van der Waals surface area contributed by atoms with Gasteiger partial charge in [-0.15, -0.1) is 0 Å². The van der Waals surface area contributed by atoms with Crippen molar-refractivity contribution in [2.75, 3.05) is 12.3 Å². The Bertz CT molecular complexity index is 913. The van der Waals surface area contributed by atoms with Gasteiger partial charge in [-0.25, -0.2) is 9.61 Å². The van der Waals surface area contributed by atoms with E-state index in [-0.39, 0.29) is 24.7 Å². The number of anilines is 1. The number of rotatable bonds is 4. The molecule has 0 saturated carbocycles. The predicted octanol–water partition coefficient (Wildman–Crippen LogP) is 1.09. The molecule has 3 aromatic rings. The fraction of sp³-hybridized carbons (Fsp3) is 0.154. The van der Waals surface area contributed by atoms with Crippen LogP contribution in [0.2, 0.25) is 0 Å². The van der Waals surface area contributed by atoms with E-state index in [1.54, 1.807) is 22.8 Å². The molecule has 3 rings (SSSR count). The molecule has 0 aliphatic heterocycles. The van der Waals surface area contributed by atoms with Crippen LogP contribution in [-0.2, 0) is 6.54 Å². The minimum absolute atomic E-state index is 0.0415. The van der Waals surface area contributed by atoms with Gasteiger partial charge in [-0.1, -0.05) is 6.07 Å². The number of imidazole rings is 1. The van der Waals surface area contributed by atoms with Crippen LogP contribution in [0.5, 0.6) is 5.75 Å². The normalized spacial score (nSPS) is 10.3. The number of nitriles is 2. The quantitative estimate of drug-likeness (QED) is 0.754. The van der Waals surface area contributed by atoms with Gasteiger partial charge in [0, 0.05) is 0 Å². The van der Waals surface area contributed by atoms with Crippen LogP contribution in [0.15, 0.2) is 22.8 Å². The highest BCUT2D eigenvalue weighted by Gasteiger charge is 2.20. The molecule has 2 heterocycles. The van der Waals surface area contributed by atoms with Crippen LogP contribution < -0.4 is 10.5 Å². The summed E-state index contributed by atoms with van der Waals surface area (Å²) < 4.78 is 11.6. The molecule has 0 unspecified atom stereocenters. The first-order chi connectivity index (χ1) is 10.8. The van der Waals surface area contributed by atoms with Crippen molar-refractivity contribution >= 4 is 16.9 Å². The van der Waals surface area contributed by atoms with Crippen molar-refractivity contribution in [3.63, 3.8) is 0 Å². The van der Waals surface area contributed by atoms with E-state index >= 15 is 0 Å². The largest absolute Gasteiger partial charge is 0.476 e. The number of fused-ring (bicyclic) bond motifs is 1. The number of hydrogen-bond donors (Lipinski definition) is 1. The molecule has 2 aromatic heterocycles. The van der Waals surface area contributed by atoms with E-state index in [4.69, 9.17) is 21.0 Å². The zero-order valence-electron chi connectivity index (χ0n) is 11.2. The second-order valence-electron chi connectivity index (χ2n) is 4.25. The molecule has 0 aliphatic carbocycles. The lowest BCUT2D eigenvalue weighted by molar-refractivity contribution is 0.310. The average Bonchev–Trinajstić information content (AvgIpc) is 3.10. The van der Waals surface area contributed by atoms with Crippen molar-refractivity contribution in [1.29, 1.82) is 10.5 Å². The van der Waals surface area contributed by atoms with Crippen LogP contribution >= 0.6 is 0 Å². The van der Waals surface area contributed by atoms with Gasteiger partial charge in [0.2, 0.25) is 0 Å². The lowest BCUT2D eigenvalue weighted by Gasteiger charge is -2.03. The van der Waals surface area contributed by atoms with Crippen molar-refractivity contribution in [3.8, 4) is 29.4 Å². The topological polar surface area (TPSA) is 140 Å². The molecule has 108 valence electrons. The lowest BCUT2D eigenvalue weighted by Crippen LogP contribution is -2.00. The molecular formula is C13H9N7O2. The summed E-state index contributed by atoms with van der Waals surface area (Å²) in [5, 5.41) is 24.9. The van der Waals surface area contributed by atoms with E-state index in [0.29, 0.717) is 22.6 Å². The fourth-order valence-corrected chi connectivity index (χ4v) is 2.11. The highest BCUT2D eigenvalue weighted by molar-refractivity contribution is 5.86. The first-order valence-corrected chi connectivity index (χ1v) is 6.20. The zero-order chi connectivity index (χ0) is 15.5. The summed E-state index contributed by atoms with van der Waals surface area (Å²) >= 11 is 0. The number of aromatic nitrogens is 4. The predicted molar refractivity (Wildman–Crippen MR) is 74.2 cm³/mol. The van der Waals surface area contributed by atoms with Gasteiger partial charge in [-0.2, -0.15) is 10.5 Å².